The minimum atomic E-state index is -2.99. The Hall–Kier alpha value is -0.240. The van der Waals surface area contributed by atoms with E-state index in [4.69, 9.17) is 0 Å². The third-order valence-electron chi connectivity index (χ3n) is 0.163. The molecule has 0 amide bonds. The molecule has 0 aromatic heterocycles. The monoisotopic (exact) mass is 141 g/mol. The zero-order valence-corrected chi connectivity index (χ0v) is 4.82. The molecule has 40 valence electrons. The van der Waals surface area contributed by atoms with Crippen LogP contribution in [0.4, 0.5) is 0 Å². The van der Waals surface area contributed by atoms with E-state index in [2.05, 4.69) is 0 Å². The average Bonchev–Trinajstić information content (AvgIpc) is 1.27. The standard InChI is InChI=1S/HNO4P2/c2-6(3)1-7(4)5/h(H,1,2,3,4,5). The van der Waals surface area contributed by atoms with Crippen LogP contribution in [0.2, 0.25) is 0 Å². The van der Waals surface area contributed by atoms with Crippen molar-refractivity contribution in [3.05, 3.63) is 0 Å². The molecule has 7 heavy (non-hydrogen) atoms. The van der Waals surface area contributed by atoms with Gasteiger partial charge in [-0.3, -0.25) is 0 Å². The van der Waals surface area contributed by atoms with E-state index in [9.17, 15) is 18.3 Å². The van der Waals surface area contributed by atoms with Gasteiger partial charge < -0.3 is 0 Å². The van der Waals surface area contributed by atoms with Crippen molar-refractivity contribution < 1.29 is 18.3 Å². The first-order valence-electron chi connectivity index (χ1n) is 1.18. The van der Waals surface area contributed by atoms with Crippen LogP contribution < -0.4 is 4.86 Å². The highest BCUT2D eigenvalue weighted by Gasteiger charge is 1.89. The quantitative estimate of drug-likeness (QED) is 0.573. The highest BCUT2D eigenvalue weighted by atomic mass is 31.2. The van der Waals surface area contributed by atoms with Gasteiger partial charge in [-0.25, -0.2) is 18.3 Å². The van der Waals surface area contributed by atoms with Crippen molar-refractivity contribution >= 4 is 15.7 Å². The molecule has 0 aliphatic rings. The van der Waals surface area contributed by atoms with Crippen molar-refractivity contribution in [1.82, 2.24) is 4.86 Å². The fourth-order valence-corrected chi connectivity index (χ4v) is 0.600. The zero-order valence-electron chi connectivity index (χ0n) is 3.03. The molecule has 0 radical (unpaired) electrons. The average molecular weight is 141 g/mol. The Balaban J connectivity index is 3.77. The molecule has 0 aromatic carbocycles. The summed E-state index contributed by atoms with van der Waals surface area (Å²) in [6.45, 7) is 0. The summed E-state index contributed by atoms with van der Waals surface area (Å²) in [5.41, 5.74) is 0. The molecule has 0 bridgehead atoms. The SMILES string of the molecule is O=P(=O)NP(=O)=O. The molecule has 0 saturated heterocycles. The Morgan fingerprint density at radius 3 is 1.14 bits per heavy atom. The molecular weight excluding hydrogens is 140 g/mol. The first-order chi connectivity index (χ1) is 3.13. The van der Waals surface area contributed by atoms with Crippen molar-refractivity contribution in [2.45, 2.75) is 0 Å². The van der Waals surface area contributed by atoms with Gasteiger partial charge in [0, 0.05) is 0 Å². The lowest BCUT2D eigenvalue weighted by Gasteiger charge is -1.62. The van der Waals surface area contributed by atoms with Gasteiger partial charge in [0.2, 0.25) is 0 Å². The van der Waals surface area contributed by atoms with Crippen molar-refractivity contribution in [3.8, 4) is 0 Å². The number of hydrogen-bond acceptors (Lipinski definition) is 4. The Morgan fingerprint density at radius 1 is 0.857 bits per heavy atom. The summed E-state index contributed by atoms with van der Waals surface area (Å²) >= 11 is 0. The first kappa shape index (κ1) is 6.76. The van der Waals surface area contributed by atoms with E-state index in [1.165, 1.54) is 4.86 Å². The van der Waals surface area contributed by atoms with Crippen LogP contribution in [0.1, 0.15) is 0 Å². The molecular formula is HNO4P2. The number of nitrogens with one attached hydrogen (secondary N) is 1. The van der Waals surface area contributed by atoms with Gasteiger partial charge in [0.1, 0.15) is 0 Å². The van der Waals surface area contributed by atoms with Crippen LogP contribution in [0.15, 0.2) is 0 Å². The van der Waals surface area contributed by atoms with E-state index in [0.717, 1.165) is 0 Å². The molecule has 0 aliphatic carbocycles. The lowest BCUT2D eigenvalue weighted by atomic mass is 13.9. The topological polar surface area (TPSA) is 80.3 Å². The summed E-state index contributed by atoms with van der Waals surface area (Å²) in [6.07, 6.45) is 0. The Morgan fingerprint density at radius 2 is 1.14 bits per heavy atom. The van der Waals surface area contributed by atoms with Gasteiger partial charge in [0.05, 0.1) is 0 Å². The molecule has 0 saturated carbocycles. The second-order valence-corrected chi connectivity index (χ2v) is 2.44. The summed E-state index contributed by atoms with van der Waals surface area (Å²) in [7, 11) is -5.97. The van der Waals surface area contributed by atoms with Gasteiger partial charge in [-0.05, 0) is 0 Å². The van der Waals surface area contributed by atoms with Gasteiger partial charge in [-0.15, -0.1) is 0 Å². The molecule has 0 heterocycles. The van der Waals surface area contributed by atoms with E-state index in [-0.39, 0.29) is 0 Å². The van der Waals surface area contributed by atoms with Crippen LogP contribution >= 0.6 is 15.7 Å². The lowest BCUT2D eigenvalue weighted by Crippen LogP contribution is -1.73. The minimum absolute atomic E-state index is 1.21. The van der Waals surface area contributed by atoms with Crippen molar-refractivity contribution in [1.29, 1.82) is 0 Å². The molecule has 1 N–H and O–H groups in total. The second kappa shape index (κ2) is 2.86. The molecule has 0 unspecified atom stereocenters. The minimum Gasteiger partial charge on any atom is -0.218 e. The van der Waals surface area contributed by atoms with E-state index >= 15 is 0 Å². The van der Waals surface area contributed by atoms with Crippen molar-refractivity contribution in [2.75, 3.05) is 0 Å². The number of rotatable bonds is 2. The summed E-state index contributed by atoms with van der Waals surface area (Å²) in [5, 5.41) is 0. The second-order valence-electron chi connectivity index (χ2n) is 0.614. The molecule has 0 spiro atoms. The molecule has 0 atom stereocenters. The van der Waals surface area contributed by atoms with E-state index in [1.54, 1.807) is 0 Å². The molecule has 0 fully saturated rings. The highest BCUT2D eigenvalue weighted by Crippen LogP contribution is 2.05. The van der Waals surface area contributed by atoms with Crippen LogP contribution in [0.3, 0.4) is 0 Å². The van der Waals surface area contributed by atoms with Crippen molar-refractivity contribution in [3.63, 3.8) is 0 Å². The molecule has 0 aliphatic heterocycles. The Kier molecular flexibility index (Phi) is 2.76. The van der Waals surface area contributed by atoms with E-state index in [1.807, 2.05) is 0 Å². The van der Waals surface area contributed by atoms with Crippen LogP contribution in [0, 0.1) is 0 Å². The first-order valence-corrected chi connectivity index (χ1v) is 3.53. The third kappa shape index (κ3) is 5.76. The van der Waals surface area contributed by atoms with Gasteiger partial charge in [0.15, 0.2) is 0 Å². The van der Waals surface area contributed by atoms with Crippen LogP contribution in [-0.4, -0.2) is 0 Å². The molecule has 7 heteroatoms. The third-order valence-corrected chi connectivity index (χ3v) is 1.47. The van der Waals surface area contributed by atoms with Crippen LogP contribution in [-0.2, 0) is 18.3 Å². The lowest BCUT2D eigenvalue weighted by molar-refractivity contribution is 0.498. The van der Waals surface area contributed by atoms with Crippen LogP contribution in [0.25, 0.3) is 0 Å². The smallest absolute Gasteiger partial charge is 0.218 e. The highest BCUT2D eigenvalue weighted by molar-refractivity contribution is 7.45. The van der Waals surface area contributed by atoms with Crippen LogP contribution in [0.5, 0.6) is 0 Å². The van der Waals surface area contributed by atoms with Gasteiger partial charge >= 0.3 is 15.7 Å². The molecule has 0 rings (SSSR count). The van der Waals surface area contributed by atoms with Crippen molar-refractivity contribution in [2.24, 2.45) is 0 Å². The Bertz CT molecular complexity index is 138. The van der Waals surface area contributed by atoms with Gasteiger partial charge in [-0.1, -0.05) is 4.86 Å². The predicted molar refractivity (Wildman–Crippen MR) is 19.7 cm³/mol. The predicted octanol–water partition coefficient (Wildman–Crippen LogP) is 0.752. The summed E-state index contributed by atoms with van der Waals surface area (Å²) in [4.78, 5) is 1.21. The zero-order chi connectivity index (χ0) is 5.86. The fourth-order valence-electron chi connectivity index (χ4n) is 0.0667. The maximum absolute atomic E-state index is 9.35. The molecule has 0 aromatic rings. The van der Waals surface area contributed by atoms with E-state index in [0.29, 0.717) is 0 Å². The normalized spacial score (nSPS) is 8.00. The maximum atomic E-state index is 9.35. The summed E-state index contributed by atoms with van der Waals surface area (Å²) < 4.78 is 37.4. The maximum Gasteiger partial charge on any atom is 0.408 e. The molecule has 5 nitrogen and oxygen atoms in total. The largest absolute Gasteiger partial charge is 0.408 e. The summed E-state index contributed by atoms with van der Waals surface area (Å²) in [5.74, 6) is 0. The van der Waals surface area contributed by atoms with Gasteiger partial charge in [-0.2, -0.15) is 0 Å². The van der Waals surface area contributed by atoms with E-state index < -0.39 is 15.7 Å². The number of hydrogen-bond donors (Lipinski definition) is 1. The van der Waals surface area contributed by atoms with Gasteiger partial charge in [0.25, 0.3) is 0 Å². The fraction of sp³-hybridized carbons (Fsp3) is 0. The summed E-state index contributed by atoms with van der Waals surface area (Å²) in [6, 6.07) is 0. The Labute approximate surface area is 39.9 Å².